The van der Waals surface area contributed by atoms with Crippen LogP contribution in [0.3, 0.4) is 0 Å². The van der Waals surface area contributed by atoms with Crippen molar-refractivity contribution in [2.75, 3.05) is 6.26 Å². The van der Waals surface area contributed by atoms with E-state index in [-0.39, 0.29) is 32.7 Å². The van der Waals surface area contributed by atoms with Crippen LogP contribution in [0, 0.1) is 0 Å². The molecule has 2 atom stereocenters. The van der Waals surface area contributed by atoms with Crippen LogP contribution in [-0.2, 0) is 27.5 Å². The number of aliphatic carboxylic acids is 1. The summed E-state index contributed by atoms with van der Waals surface area (Å²) in [5.74, 6) is -2.07. The van der Waals surface area contributed by atoms with Crippen LogP contribution in [0.5, 0.6) is 5.75 Å². The maximum atomic E-state index is 12.9. The average Bonchev–Trinajstić information content (AvgIpc) is 2.81. The number of hydrogen-bond acceptors (Lipinski definition) is 6. The highest BCUT2D eigenvalue weighted by atomic mass is 35.5. The predicted molar refractivity (Wildman–Crippen MR) is 140 cm³/mol. The van der Waals surface area contributed by atoms with E-state index in [4.69, 9.17) is 23.2 Å². The maximum absolute atomic E-state index is 12.9. The number of hydrogen-bond donors (Lipinski definition) is 4. The van der Waals surface area contributed by atoms with Gasteiger partial charge in [-0.3, -0.25) is 4.79 Å². The number of aromatic hydroxyl groups is 1. The van der Waals surface area contributed by atoms with Crippen LogP contribution in [0.15, 0.2) is 65.6 Å². The van der Waals surface area contributed by atoms with Crippen molar-refractivity contribution >= 4 is 44.9 Å². The zero-order valence-corrected chi connectivity index (χ0v) is 22.0. The van der Waals surface area contributed by atoms with Gasteiger partial charge in [-0.15, -0.1) is 0 Å². The molecule has 0 saturated carbocycles. The Morgan fingerprint density at radius 1 is 0.973 bits per heavy atom. The van der Waals surface area contributed by atoms with E-state index in [1.807, 2.05) is 0 Å². The number of nitrogens with one attached hydrogen (secondary N) is 1. The third-order valence-electron chi connectivity index (χ3n) is 5.66. The minimum absolute atomic E-state index is 0.00931. The van der Waals surface area contributed by atoms with E-state index >= 15 is 0 Å². The molecular formula is C26H25Cl2NO7S. The van der Waals surface area contributed by atoms with Gasteiger partial charge in [0.2, 0.25) is 0 Å². The molecule has 0 aliphatic carbocycles. The molecule has 3 rings (SSSR count). The number of carboxylic acids is 1. The van der Waals surface area contributed by atoms with Crippen LogP contribution in [-0.4, -0.2) is 47.9 Å². The largest absolute Gasteiger partial charge is 0.508 e. The van der Waals surface area contributed by atoms with Gasteiger partial charge in [-0.1, -0.05) is 47.5 Å². The molecule has 37 heavy (non-hydrogen) atoms. The van der Waals surface area contributed by atoms with E-state index in [9.17, 15) is 33.3 Å². The van der Waals surface area contributed by atoms with Crippen molar-refractivity contribution in [3.05, 3.63) is 93.0 Å². The SMILES string of the molecule is CS(=O)(=O)c1cccc(C[C@H](NC(=O)c2c(Cl)cc(CCC(O)c3cccc(O)c3)cc2Cl)C(=O)O)c1. The lowest BCUT2D eigenvalue weighted by Gasteiger charge is -2.17. The van der Waals surface area contributed by atoms with Gasteiger partial charge < -0.3 is 20.6 Å². The van der Waals surface area contributed by atoms with E-state index in [2.05, 4.69) is 5.32 Å². The van der Waals surface area contributed by atoms with Crippen molar-refractivity contribution in [3.63, 3.8) is 0 Å². The highest BCUT2D eigenvalue weighted by Crippen LogP contribution is 2.29. The van der Waals surface area contributed by atoms with E-state index in [1.165, 1.54) is 42.5 Å². The molecule has 0 aliphatic rings. The summed E-state index contributed by atoms with van der Waals surface area (Å²) in [4.78, 5) is 24.8. The first-order valence-electron chi connectivity index (χ1n) is 11.1. The molecule has 11 heteroatoms. The summed E-state index contributed by atoms with van der Waals surface area (Å²) in [5.41, 5.74) is 1.51. The van der Waals surface area contributed by atoms with E-state index in [0.717, 1.165) is 6.26 Å². The Kier molecular flexibility index (Phi) is 9.20. The number of carboxylic acid groups (broad SMARTS) is 1. The molecule has 0 aromatic heterocycles. The van der Waals surface area contributed by atoms with Gasteiger partial charge in [-0.05, 0) is 65.9 Å². The molecule has 0 radical (unpaired) electrons. The third kappa shape index (κ3) is 7.69. The standard InChI is InChI=1S/C26H25Cl2NO7S/c1-37(35,36)19-7-2-4-15(10-19)13-22(26(33)34)29-25(32)24-20(27)11-16(12-21(24)28)8-9-23(31)17-5-3-6-18(30)14-17/h2-7,10-12,14,22-23,30-31H,8-9,13H2,1H3,(H,29,32)(H,33,34)/t22-,23?/m0/s1. The lowest BCUT2D eigenvalue weighted by molar-refractivity contribution is -0.139. The number of carbonyl (C=O) groups is 2. The van der Waals surface area contributed by atoms with Crippen molar-refractivity contribution in [2.24, 2.45) is 0 Å². The first-order valence-corrected chi connectivity index (χ1v) is 13.8. The Morgan fingerprint density at radius 3 is 2.22 bits per heavy atom. The average molecular weight is 566 g/mol. The fraction of sp³-hybridized carbons (Fsp3) is 0.231. The number of aliphatic hydroxyl groups excluding tert-OH is 1. The molecule has 1 unspecified atom stereocenters. The number of phenols is 1. The Hall–Kier alpha value is -3.11. The van der Waals surface area contributed by atoms with Crippen molar-refractivity contribution in [3.8, 4) is 5.75 Å². The summed E-state index contributed by atoms with van der Waals surface area (Å²) in [7, 11) is -3.49. The summed E-state index contributed by atoms with van der Waals surface area (Å²) >= 11 is 12.6. The molecule has 1 amide bonds. The molecule has 196 valence electrons. The first kappa shape index (κ1) is 28.5. The third-order valence-corrected chi connectivity index (χ3v) is 7.37. The van der Waals surface area contributed by atoms with Gasteiger partial charge in [0.25, 0.3) is 5.91 Å². The second-order valence-corrected chi connectivity index (χ2v) is 11.4. The van der Waals surface area contributed by atoms with Crippen molar-refractivity contribution < 1.29 is 33.3 Å². The van der Waals surface area contributed by atoms with Crippen molar-refractivity contribution in [1.29, 1.82) is 0 Å². The summed E-state index contributed by atoms with van der Waals surface area (Å²) in [6.45, 7) is 0. The monoisotopic (exact) mass is 565 g/mol. The smallest absolute Gasteiger partial charge is 0.326 e. The second kappa shape index (κ2) is 12.0. The number of carbonyl (C=O) groups excluding carboxylic acids is 1. The van der Waals surface area contributed by atoms with Crippen LogP contribution in [0.4, 0.5) is 0 Å². The molecule has 0 aliphatic heterocycles. The molecule has 0 fully saturated rings. The number of aliphatic hydroxyl groups is 1. The Balaban J connectivity index is 1.72. The summed E-state index contributed by atoms with van der Waals surface area (Å²) < 4.78 is 23.6. The quantitative estimate of drug-likeness (QED) is 0.288. The maximum Gasteiger partial charge on any atom is 0.326 e. The molecule has 3 aromatic rings. The molecule has 4 N–H and O–H groups in total. The van der Waals surface area contributed by atoms with Crippen molar-refractivity contribution in [1.82, 2.24) is 5.32 Å². The van der Waals surface area contributed by atoms with E-state index in [1.54, 1.807) is 18.2 Å². The Labute approximate surface area is 224 Å². The zero-order chi connectivity index (χ0) is 27.3. The van der Waals surface area contributed by atoms with Gasteiger partial charge >= 0.3 is 5.97 Å². The fourth-order valence-corrected chi connectivity index (χ4v) is 5.15. The van der Waals surface area contributed by atoms with Gasteiger partial charge in [-0.25, -0.2) is 13.2 Å². The first-order chi connectivity index (χ1) is 17.3. The van der Waals surface area contributed by atoms with Crippen LogP contribution >= 0.6 is 23.2 Å². The van der Waals surface area contributed by atoms with Gasteiger partial charge in [0.05, 0.1) is 26.6 Å². The Bertz CT molecular complexity index is 1400. The summed E-state index contributed by atoms with van der Waals surface area (Å²) in [6.07, 6.45) is 0.709. The van der Waals surface area contributed by atoms with Crippen LogP contribution in [0.1, 0.15) is 39.6 Å². The molecule has 3 aromatic carbocycles. The lowest BCUT2D eigenvalue weighted by atomic mass is 10.00. The lowest BCUT2D eigenvalue weighted by Crippen LogP contribution is -2.42. The van der Waals surface area contributed by atoms with Crippen LogP contribution in [0.2, 0.25) is 10.0 Å². The number of benzene rings is 3. The topological polar surface area (TPSA) is 141 Å². The van der Waals surface area contributed by atoms with E-state index in [0.29, 0.717) is 29.5 Å². The number of halogens is 2. The number of rotatable bonds is 10. The molecule has 0 heterocycles. The normalized spacial score (nSPS) is 13.1. The van der Waals surface area contributed by atoms with Gasteiger partial charge in [0, 0.05) is 12.7 Å². The second-order valence-electron chi connectivity index (χ2n) is 8.57. The number of phenolic OH excluding ortho intramolecular Hbond substituents is 1. The molecular weight excluding hydrogens is 541 g/mol. The number of amides is 1. The molecule has 0 spiro atoms. The fourth-order valence-electron chi connectivity index (χ4n) is 3.76. The van der Waals surface area contributed by atoms with Crippen LogP contribution in [0.25, 0.3) is 0 Å². The zero-order valence-electron chi connectivity index (χ0n) is 19.7. The Morgan fingerprint density at radius 2 is 1.62 bits per heavy atom. The molecule has 0 bridgehead atoms. The summed E-state index contributed by atoms with van der Waals surface area (Å²) in [6, 6.07) is 13.8. The number of aryl methyl sites for hydroxylation is 1. The minimum atomic E-state index is -3.49. The number of sulfone groups is 1. The highest BCUT2D eigenvalue weighted by molar-refractivity contribution is 7.90. The minimum Gasteiger partial charge on any atom is -0.508 e. The van der Waals surface area contributed by atoms with Gasteiger partial charge in [0.15, 0.2) is 9.84 Å². The van der Waals surface area contributed by atoms with Crippen molar-refractivity contribution in [2.45, 2.75) is 36.3 Å². The molecule has 0 saturated heterocycles. The molecule has 8 nitrogen and oxygen atoms in total. The highest BCUT2D eigenvalue weighted by Gasteiger charge is 2.25. The predicted octanol–water partition coefficient (Wildman–Crippen LogP) is 4.19. The van der Waals surface area contributed by atoms with Crippen LogP contribution < -0.4 is 5.32 Å². The van der Waals surface area contributed by atoms with Gasteiger partial charge in [-0.2, -0.15) is 0 Å². The van der Waals surface area contributed by atoms with Gasteiger partial charge in [0.1, 0.15) is 11.8 Å². The summed E-state index contributed by atoms with van der Waals surface area (Å²) in [5, 5.41) is 32.0. The van der Waals surface area contributed by atoms with E-state index < -0.39 is 33.9 Å².